The minimum absolute atomic E-state index is 0.0208. The molecule has 2 heterocycles. The van der Waals surface area contributed by atoms with Gasteiger partial charge in [-0.05, 0) is 36.8 Å². The van der Waals surface area contributed by atoms with Gasteiger partial charge >= 0.3 is 0 Å². The molecule has 0 saturated carbocycles. The number of benzene rings is 1. The number of aryl methyl sites for hydroxylation is 1. The summed E-state index contributed by atoms with van der Waals surface area (Å²) in [4.78, 5) is 21.6. The lowest BCUT2D eigenvalue weighted by Crippen LogP contribution is -2.44. The van der Waals surface area contributed by atoms with Crippen LogP contribution in [0.2, 0.25) is 0 Å². The Kier molecular flexibility index (Phi) is 4.85. The number of aliphatic hydroxyl groups is 1. The van der Waals surface area contributed by atoms with Gasteiger partial charge in [0.05, 0.1) is 5.52 Å². The van der Waals surface area contributed by atoms with Gasteiger partial charge in [-0.3, -0.25) is 4.79 Å². The Hall–Kier alpha value is -1.95. The van der Waals surface area contributed by atoms with E-state index in [9.17, 15) is 14.3 Å². The maximum atomic E-state index is 13.7. The van der Waals surface area contributed by atoms with Gasteiger partial charge in [-0.15, -0.1) is 0 Å². The zero-order valence-corrected chi connectivity index (χ0v) is 14.0. The van der Waals surface area contributed by atoms with E-state index in [4.69, 9.17) is 0 Å². The van der Waals surface area contributed by atoms with E-state index in [0.717, 1.165) is 19.3 Å². The Labute approximate surface area is 140 Å². The fraction of sp³-hybridized carbons (Fsp3) is 0.556. The first-order valence-corrected chi connectivity index (χ1v) is 8.59. The highest BCUT2D eigenvalue weighted by Gasteiger charge is 2.33. The lowest BCUT2D eigenvalue weighted by Gasteiger charge is -2.40. The zero-order chi connectivity index (χ0) is 17.2. The number of fused-ring (bicyclic) bond motifs is 1. The number of carbonyl (C=O) groups is 1. The predicted molar refractivity (Wildman–Crippen MR) is 90.0 cm³/mol. The van der Waals surface area contributed by atoms with E-state index in [1.165, 1.54) is 6.07 Å². The maximum absolute atomic E-state index is 13.7. The quantitative estimate of drug-likeness (QED) is 0.884. The van der Waals surface area contributed by atoms with Gasteiger partial charge in [-0.2, -0.15) is 0 Å². The molecule has 0 atom stereocenters. The van der Waals surface area contributed by atoms with Crippen LogP contribution in [0.5, 0.6) is 0 Å². The van der Waals surface area contributed by atoms with Crippen molar-refractivity contribution in [3.63, 3.8) is 0 Å². The largest absolute Gasteiger partial charge is 0.396 e. The molecule has 24 heavy (non-hydrogen) atoms. The minimum Gasteiger partial charge on any atom is -0.396 e. The number of hydrogen-bond acceptors (Lipinski definition) is 3. The Bertz CT molecular complexity index is 714. The number of aromatic amines is 1. The molecule has 2 aromatic rings. The Morgan fingerprint density at radius 2 is 2.17 bits per heavy atom. The molecule has 1 amide bonds. The van der Waals surface area contributed by atoms with Gasteiger partial charge in [0.25, 0.3) is 0 Å². The molecule has 3 rings (SSSR count). The molecule has 0 radical (unpaired) electrons. The summed E-state index contributed by atoms with van der Waals surface area (Å²) >= 11 is 0. The SMILES string of the molecule is CCC1(CO)CCN(C(=O)CCc2nc3c(F)cccc3[nH]2)CC1. The van der Waals surface area contributed by atoms with E-state index in [1.807, 2.05) is 4.90 Å². The van der Waals surface area contributed by atoms with Gasteiger partial charge < -0.3 is 15.0 Å². The number of nitrogens with one attached hydrogen (secondary N) is 1. The molecule has 1 aromatic carbocycles. The molecule has 0 bridgehead atoms. The maximum Gasteiger partial charge on any atom is 0.223 e. The molecule has 1 aliphatic heterocycles. The highest BCUT2D eigenvalue weighted by atomic mass is 19.1. The van der Waals surface area contributed by atoms with Crippen LogP contribution in [0.25, 0.3) is 11.0 Å². The van der Waals surface area contributed by atoms with Crippen molar-refractivity contribution in [2.24, 2.45) is 5.41 Å². The first-order chi connectivity index (χ1) is 11.6. The number of amides is 1. The summed E-state index contributed by atoms with van der Waals surface area (Å²) < 4.78 is 13.7. The second kappa shape index (κ2) is 6.89. The molecule has 1 aromatic heterocycles. The van der Waals surface area contributed by atoms with Crippen LogP contribution in [0.1, 0.15) is 38.4 Å². The van der Waals surface area contributed by atoms with Crippen molar-refractivity contribution in [3.05, 3.63) is 29.8 Å². The van der Waals surface area contributed by atoms with E-state index >= 15 is 0 Å². The summed E-state index contributed by atoms with van der Waals surface area (Å²) in [6, 6.07) is 4.80. The summed E-state index contributed by atoms with van der Waals surface area (Å²) in [5.74, 6) is 0.384. The molecule has 1 aliphatic rings. The molecule has 2 N–H and O–H groups in total. The number of rotatable bonds is 5. The third-order valence-electron chi connectivity index (χ3n) is 5.35. The van der Waals surface area contributed by atoms with Crippen molar-refractivity contribution in [2.45, 2.75) is 39.0 Å². The van der Waals surface area contributed by atoms with Crippen molar-refractivity contribution in [2.75, 3.05) is 19.7 Å². The summed E-state index contributed by atoms with van der Waals surface area (Å²) in [5.41, 5.74) is 0.965. The Balaban J connectivity index is 1.56. The van der Waals surface area contributed by atoms with Crippen LogP contribution in [-0.2, 0) is 11.2 Å². The van der Waals surface area contributed by atoms with Crippen LogP contribution in [0, 0.1) is 11.2 Å². The number of para-hydroxylation sites is 1. The number of likely N-dealkylation sites (tertiary alicyclic amines) is 1. The number of nitrogens with zero attached hydrogens (tertiary/aromatic N) is 2. The van der Waals surface area contributed by atoms with E-state index < -0.39 is 0 Å². The smallest absolute Gasteiger partial charge is 0.223 e. The predicted octanol–water partition coefficient (Wildman–Crippen LogP) is 2.65. The number of hydrogen-bond donors (Lipinski definition) is 2. The van der Waals surface area contributed by atoms with Gasteiger partial charge in [0, 0.05) is 32.5 Å². The Morgan fingerprint density at radius 1 is 1.42 bits per heavy atom. The van der Waals surface area contributed by atoms with Gasteiger partial charge in [0.1, 0.15) is 11.3 Å². The third-order valence-corrected chi connectivity index (χ3v) is 5.35. The lowest BCUT2D eigenvalue weighted by molar-refractivity contribution is -0.134. The molecule has 130 valence electrons. The number of halogens is 1. The average Bonchev–Trinajstić information content (AvgIpc) is 3.04. The summed E-state index contributed by atoms with van der Waals surface area (Å²) in [7, 11) is 0. The van der Waals surface area contributed by atoms with Crippen molar-refractivity contribution in [1.29, 1.82) is 0 Å². The summed E-state index contributed by atoms with van der Waals surface area (Å²) in [6.45, 7) is 3.68. The molecule has 0 aliphatic carbocycles. The van der Waals surface area contributed by atoms with Gasteiger partial charge in [-0.25, -0.2) is 9.37 Å². The number of aliphatic hydroxyl groups excluding tert-OH is 1. The molecule has 5 nitrogen and oxygen atoms in total. The van der Waals surface area contributed by atoms with Gasteiger partial charge in [-0.1, -0.05) is 13.0 Å². The van der Waals surface area contributed by atoms with E-state index in [2.05, 4.69) is 16.9 Å². The molecule has 1 fully saturated rings. The van der Waals surface area contributed by atoms with Crippen LogP contribution in [-0.4, -0.2) is 45.6 Å². The van der Waals surface area contributed by atoms with Gasteiger partial charge in [0.15, 0.2) is 5.82 Å². The zero-order valence-electron chi connectivity index (χ0n) is 14.0. The number of piperidine rings is 1. The summed E-state index contributed by atoms with van der Waals surface area (Å²) in [6.07, 6.45) is 3.47. The van der Waals surface area contributed by atoms with Crippen molar-refractivity contribution >= 4 is 16.9 Å². The van der Waals surface area contributed by atoms with Crippen LogP contribution >= 0.6 is 0 Å². The molecular weight excluding hydrogens is 309 g/mol. The standard InChI is InChI=1S/C18H24FN3O2/c1-2-18(12-23)8-10-22(11-9-18)16(24)7-6-15-20-14-5-3-4-13(19)17(14)21-15/h3-5,23H,2,6-12H2,1H3,(H,20,21). The molecule has 6 heteroatoms. The van der Waals surface area contributed by atoms with E-state index in [-0.39, 0.29) is 23.7 Å². The van der Waals surface area contributed by atoms with Crippen molar-refractivity contribution in [3.8, 4) is 0 Å². The normalized spacial score (nSPS) is 17.4. The first-order valence-electron chi connectivity index (χ1n) is 8.59. The lowest BCUT2D eigenvalue weighted by atomic mass is 9.77. The van der Waals surface area contributed by atoms with Crippen LogP contribution in [0.4, 0.5) is 4.39 Å². The van der Waals surface area contributed by atoms with Crippen LogP contribution in [0.15, 0.2) is 18.2 Å². The monoisotopic (exact) mass is 333 g/mol. The number of aromatic nitrogens is 2. The highest BCUT2D eigenvalue weighted by Crippen LogP contribution is 2.34. The molecule has 0 spiro atoms. The number of carbonyl (C=O) groups excluding carboxylic acids is 1. The van der Waals surface area contributed by atoms with E-state index in [0.29, 0.717) is 42.8 Å². The summed E-state index contributed by atoms with van der Waals surface area (Å²) in [5, 5.41) is 9.56. The van der Waals surface area contributed by atoms with Crippen LogP contribution in [0.3, 0.4) is 0 Å². The van der Waals surface area contributed by atoms with Crippen molar-refractivity contribution < 1.29 is 14.3 Å². The minimum atomic E-state index is -0.350. The number of imidazole rings is 1. The molecule has 1 saturated heterocycles. The van der Waals surface area contributed by atoms with Gasteiger partial charge in [0.2, 0.25) is 5.91 Å². The topological polar surface area (TPSA) is 69.2 Å². The fourth-order valence-electron chi connectivity index (χ4n) is 3.40. The first kappa shape index (κ1) is 16.9. The highest BCUT2D eigenvalue weighted by molar-refractivity contribution is 5.77. The van der Waals surface area contributed by atoms with Crippen LogP contribution < -0.4 is 0 Å². The second-order valence-electron chi connectivity index (χ2n) is 6.71. The van der Waals surface area contributed by atoms with Crippen molar-refractivity contribution in [1.82, 2.24) is 14.9 Å². The Morgan fingerprint density at radius 3 is 2.79 bits per heavy atom. The average molecular weight is 333 g/mol. The molecule has 0 unspecified atom stereocenters. The second-order valence-corrected chi connectivity index (χ2v) is 6.71. The fourth-order valence-corrected chi connectivity index (χ4v) is 3.40. The number of H-pyrrole nitrogens is 1. The molecular formula is C18H24FN3O2. The third kappa shape index (κ3) is 3.29. The van der Waals surface area contributed by atoms with E-state index in [1.54, 1.807) is 12.1 Å².